The average molecular weight is 312 g/mol. The third-order valence-electron chi connectivity index (χ3n) is 3.79. The number of amides is 1. The molecule has 0 bridgehead atoms. The van der Waals surface area contributed by atoms with Crippen LogP contribution in [0.25, 0.3) is 10.9 Å². The molecule has 0 spiro atoms. The normalized spacial score (nSPS) is 10.8. The summed E-state index contributed by atoms with van der Waals surface area (Å²) in [5.41, 5.74) is 2.37. The van der Waals surface area contributed by atoms with Crippen molar-refractivity contribution in [3.63, 3.8) is 0 Å². The van der Waals surface area contributed by atoms with Gasteiger partial charge in [0.25, 0.3) is 11.6 Å². The number of carbonyl (C=O) groups is 1. The molecule has 0 atom stereocenters. The van der Waals surface area contributed by atoms with E-state index in [2.05, 4.69) is 10.3 Å². The van der Waals surface area contributed by atoms with Crippen LogP contribution >= 0.6 is 0 Å². The number of fused-ring (bicyclic) bond motifs is 1. The Morgan fingerprint density at radius 3 is 2.91 bits per heavy atom. The predicted octanol–water partition coefficient (Wildman–Crippen LogP) is 2.39. The third-order valence-corrected chi connectivity index (χ3v) is 3.79. The summed E-state index contributed by atoms with van der Waals surface area (Å²) in [5, 5.41) is 14.7. The molecule has 7 heteroatoms. The molecule has 1 aromatic carbocycles. The molecule has 2 aromatic heterocycles. The Morgan fingerprint density at radius 1 is 1.39 bits per heavy atom. The molecule has 3 aromatic rings. The maximum atomic E-state index is 12.1. The molecule has 3 rings (SSSR count). The minimum absolute atomic E-state index is 0.0886. The number of para-hydroxylation sites is 1. The summed E-state index contributed by atoms with van der Waals surface area (Å²) in [7, 11) is 1.61. The largest absolute Gasteiger partial charge is 0.361 e. The number of aromatic amines is 1. The van der Waals surface area contributed by atoms with Gasteiger partial charge in [0.15, 0.2) is 0 Å². The van der Waals surface area contributed by atoms with Crippen molar-refractivity contribution in [1.29, 1.82) is 0 Å². The second-order valence-corrected chi connectivity index (χ2v) is 5.32. The van der Waals surface area contributed by atoms with Crippen LogP contribution in [0.3, 0.4) is 0 Å². The van der Waals surface area contributed by atoms with E-state index in [0.29, 0.717) is 13.0 Å². The molecule has 1 amide bonds. The lowest BCUT2D eigenvalue weighted by Gasteiger charge is -2.05. The summed E-state index contributed by atoms with van der Waals surface area (Å²) >= 11 is 0. The van der Waals surface area contributed by atoms with Gasteiger partial charge < -0.3 is 14.9 Å². The van der Waals surface area contributed by atoms with Crippen molar-refractivity contribution in [2.45, 2.75) is 6.42 Å². The molecule has 0 saturated heterocycles. The van der Waals surface area contributed by atoms with E-state index in [1.165, 1.54) is 16.8 Å². The third kappa shape index (κ3) is 2.94. The van der Waals surface area contributed by atoms with Gasteiger partial charge in [0.1, 0.15) is 5.69 Å². The molecule has 118 valence electrons. The van der Waals surface area contributed by atoms with Gasteiger partial charge in [-0.25, -0.2) is 0 Å². The Hall–Kier alpha value is -3.09. The van der Waals surface area contributed by atoms with Crippen LogP contribution in [0.5, 0.6) is 0 Å². The van der Waals surface area contributed by atoms with Crippen molar-refractivity contribution in [2.75, 3.05) is 6.54 Å². The molecule has 0 fully saturated rings. The molecular formula is C16H16N4O3. The number of H-pyrrole nitrogens is 1. The number of aryl methyl sites for hydroxylation is 1. The fourth-order valence-electron chi connectivity index (χ4n) is 2.61. The van der Waals surface area contributed by atoms with Gasteiger partial charge in [0.05, 0.1) is 11.1 Å². The van der Waals surface area contributed by atoms with Gasteiger partial charge in [-0.2, -0.15) is 0 Å². The van der Waals surface area contributed by atoms with Gasteiger partial charge in [-0.3, -0.25) is 14.9 Å². The van der Waals surface area contributed by atoms with Crippen LogP contribution in [0.1, 0.15) is 16.1 Å². The second kappa shape index (κ2) is 5.96. The first kappa shape index (κ1) is 14.8. The monoisotopic (exact) mass is 312 g/mol. The van der Waals surface area contributed by atoms with Gasteiger partial charge in [-0.1, -0.05) is 18.2 Å². The number of hydrogen-bond acceptors (Lipinski definition) is 3. The van der Waals surface area contributed by atoms with Crippen molar-refractivity contribution < 1.29 is 9.72 Å². The maximum Gasteiger partial charge on any atom is 0.287 e. The SMILES string of the molecule is Cn1cc([N+](=O)[O-])cc1C(=O)NCCc1c[nH]c2ccccc12. The Kier molecular flexibility index (Phi) is 3.84. The fourth-order valence-corrected chi connectivity index (χ4v) is 2.61. The molecule has 0 saturated carbocycles. The van der Waals surface area contributed by atoms with E-state index in [-0.39, 0.29) is 17.3 Å². The molecule has 2 heterocycles. The summed E-state index contributed by atoms with van der Waals surface area (Å²) in [4.78, 5) is 25.6. The van der Waals surface area contributed by atoms with Crippen LogP contribution in [0.2, 0.25) is 0 Å². The summed E-state index contributed by atoms with van der Waals surface area (Å²) in [5.74, 6) is -0.319. The van der Waals surface area contributed by atoms with E-state index < -0.39 is 4.92 Å². The van der Waals surface area contributed by atoms with E-state index in [0.717, 1.165) is 16.5 Å². The minimum Gasteiger partial charge on any atom is -0.361 e. The second-order valence-electron chi connectivity index (χ2n) is 5.32. The van der Waals surface area contributed by atoms with Gasteiger partial charge in [-0.05, 0) is 18.1 Å². The van der Waals surface area contributed by atoms with Gasteiger partial charge in [-0.15, -0.1) is 0 Å². The smallest absolute Gasteiger partial charge is 0.287 e. The Bertz CT molecular complexity index is 878. The van der Waals surface area contributed by atoms with E-state index in [1.54, 1.807) is 7.05 Å². The minimum atomic E-state index is -0.511. The molecule has 0 aliphatic heterocycles. The molecule has 7 nitrogen and oxygen atoms in total. The summed E-state index contributed by atoms with van der Waals surface area (Å²) in [6, 6.07) is 9.25. The lowest BCUT2D eigenvalue weighted by atomic mass is 10.1. The molecule has 0 radical (unpaired) electrons. The number of nitro groups is 1. The maximum absolute atomic E-state index is 12.1. The number of aromatic nitrogens is 2. The molecule has 23 heavy (non-hydrogen) atoms. The van der Waals surface area contributed by atoms with E-state index in [1.807, 2.05) is 30.5 Å². The Labute approximate surface area is 132 Å². The fraction of sp³-hybridized carbons (Fsp3) is 0.188. The van der Waals surface area contributed by atoms with Gasteiger partial charge in [0, 0.05) is 36.8 Å². The first-order valence-corrected chi connectivity index (χ1v) is 7.20. The number of nitrogens with one attached hydrogen (secondary N) is 2. The number of hydrogen-bond donors (Lipinski definition) is 2. The van der Waals surface area contributed by atoms with Gasteiger partial charge >= 0.3 is 0 Å². The van der Waals surface area contributed by atoms with Crippen molar-refractivity contribution in [3.05, 3.63) is 64.1 Å². The number of carbonyl (C=O) groups excluding carboxylic acids is 1. The van der Waals surface area contributed by atoms with E-state index in [4.69, 9.17) is 0 Å². The number of nitrogens with zero attached hydrogens (tertiary/aromatic N) is 2. The first-order valence-electron chi connectivity index (χ1n) is 7.20. The lowest BCUT2D eigenvalue weighted by molar-refractivity contribution is -0.384. The standard InChI is InChI=1S/C16H16N4O3/c1-19-10-12(20(22)23)8-15(19)16(21)17-7-6-11-9-18-14-5-3-2-4-13(11)14/h2-5,8-10,18H,6-7H2,1H3,(H,17,21). The highest BCUT2D eigenvalue weighted by Gasteiger charge is 2.17. The van der Waals surface area contributed by atoms with Crippen molar-refractivity contribution >= 4 is 22.5 Å². The zero-order valence-corrected chi connectivity index (χ0v) is 12.6. The van der Waals surface area contributed by atoms with Crippen LogP contribution in [0.15, 0.2) is 42.7 Å². The van der Waals surface area contributed by atoms with Gasteiger partial charge in [0.2, 0.25) is 0 Å². The first-order chi connectivity index (χ1) is 11.1. The Balaban J connectivity index is 1.64. The summed E-state index contributed by atoms with van der Waals surface area (Å²) < 4.78 is 1.46. The highest BCUT2D eigenvalue weighted by Crippen LogP contribution is 2.18. The number of benzene rings is 1. The predicted molar refractivity (Wildman–Crippen MR) is 86.4 cm³/mol. The Morgan fingerprint density at radius 2 is 2.17 bits per heavy atom. The quantitative estimate of drug-likeness (QED) is 0.559. The molecule has 0 unspecified atom stereocenters. The van der Waals surface area contributed by atoms with Crippen LogP contribution < -0.4 is 5.32 Å². The van der Waals surface area contributed by atoms with Crippen molar-refractivity contribution in [1.82, 2.24) is 14.9 Å². The highest BCUT2D eigenvalue weighted by atomic mass is 16.6. The van der Waals surface area contributed by atoms with Crippen LogP contribution in [0, 0.1) is 10.1 Å². The highest BCUT2D eigenvalue weighted by molar-refractivity contribution is 5.93. The van der Waals surface area contributed by atoms with Crippen molar-refractivity contribution in [2.24, 2.45) is 7.05 Å². The zero-order valence-electron chi connectivity index (χ0n) is 12.6. The van der Waals surface area contributed by atoms with Crippen molar-refractivity contribution in [3.8, 4) is 0 Å². The molecule has 2 N–H and O–H groups in total. The van der Waals surface area contributed by atoms with Crippen LogP contribution in [-0.4, -0.2) is 26.9 Å². The topological polar surface area (TPSA) is 93.0 Å². The zero-order chi connectivity index (χ0) is 16.4. The molecular weight excluding hydrogens is 296 g/mol. The van der Waals surface area contributed by atoms with E-state index >= 15 is 0 Å². The van der Waals surface area contributed by atoms with Crippen LogP contribution in [-0.2, 0) is 13.5 Å². The summed E-state index contributed by atoms with van der Waals surface area (Å²) in [6.45, 7) is 0.458. The number of rotatable bonds is 5. The molecule has 0 aliphatic rings. The molecule has 0 aliphatic carbocycles. The van der Waals surface area contributed by atoms with Crippen LogP contribution in [0.4, 0.5) is 5.69 Å². The lowest BCUT2D eigenvalue weighted by Crippen LogP contribution is -2.27. The summed E-state index contributed by atoms with van der Waals surface area (Å²) in [6.07, 6.45) is 3.95. The average Bonchev–Trinajstić information content (AvgIpc) is 3.11. The van der Waals surface area contributed by atoms with E-state index in [9.17, 15) is 14.9 Å².